The van der Waals surface area contributed by atoms with Gasteiger partial charge in [0.15, 0.2) is 0 Å². The van der Waals surface area contributed by atoms with E-state index >= 15 is 0 Å². The number of rotatable bonds is 6. The average Bonchev–Trinajstić information content (AvgIpc) is 3.44. The molecule has 184 valence electrons. The monoisotopic (exact) mass is 477 g/mol. The molecule has 1 unspecified atom stereocenters. The van der Waals surface area contributed by atoms with Crippen LogP contribution in [-0.4, -0.2) is 88.4 Å². The van der Waals surface area contributed by atoms with E-state index in [-0.39, 0.29) is 17.9 Å². The Bertz CT molecular complexity index is 1220. The molecule has 1 N–H and O–H groups in total. The first-order valence-corrected chi connectivity index (χ1v) is 12.3. The molecule has 0 bridgehead atoms. The SMILES string of the molecule is C[C@@H](Oc1nc(-c2ccc(N3CCN(C4COC4)CC3)cn2)cc2ncn(C)c12)C1CNC(=O)C1. The lowest BCUT2D eigenvalue weighted by molar-refractivity contribution is -0.119. The molecule has 2 atom stereocenters. The van der Waals surface area contributed by atoms with Gasteiger partial charge in [0, 0.05) is 52.1 Å². The van der Waals surface area contributed by atoms with Gasteiger partial charge in [-0.1, -0.05) is 0 Å². The Kier molecular flexibility index (Phi) is 5.77. The first kappa shape index (κ1) is 22.2. The summed E-state index contributed by atoms with van der Waals surface area (Å²) in [6.07, 6.45) is 4.01. The molecule has 3 aromatic heterocycles. The fraction of sp³-hybridized carbons (Fsp3) is 0.520. The van der Waals surface area contributed by atoms with Crippen molar-refractivity contribution in [3.63, 3.8) is 0 Å². The summed E-state index contributed by atoms with van der Waals surface area (Å²) in [4.78, 5) is 30.7. The van der Waals surface area contributed by atoms with Crippen LogP contribution in [0.3, 0.4) is 0 Å². The number of anilines is 1. The average molecular weight is 478 g/mol. The topological polar surface area (TPSA) is 97.6 Å². The molecule has 3 fully saturated rings. The van der Waals surface area contributed by atoms with E-state index in [9.17, 15) is 4.79 Å². The van der Waals surface area contributed by atoms with Crippen LogP contribution >= 0.6 is 0 Å². The van der Waals surface area contributed by atoms with Gasteiger partial charge in [0.25, 0.3) is 0 Å². The smallest absolute Gasteiger partial charge is 0.241 e. The molecule has 0 saturated carbocycles. The number of carbonyl (C=O) groups excluding carboxylic acids is 1. The summed E-state index contributed by atoms with van der Waals surface area (Å²) in [6.45, 7) is 8.43. The standard InChI is InChI=1S/C25H31N7O3/c1-16(17-9-23(33)27-11-17)35-25-24-22(28-15-30(24)2)10-21(29-25)20-4-3-18(12-26-20)31-5-7-32(8-6-31)19-13-34-14-19/h3-4,10,12,15-17,19H,5-9,11,13-14H2,1-2H3,(H,27,33)/t16-,17?/m1/s1. The van der Waals surface area contributed by atoms with Crippen molar-refractivity contribution in [1.29, 1.82) is 0 Å². The molecular weight excluding hydrogens is 446 g/mol. The summed E-state index contributed by atoms with van der Waals surface area (Å²) in [5, 5.41) is 2.88. The van der Waals surface area contributed by atoms with Gasteiger partial charge in [-0.15, -0.1) is 0 Å². The maximum Gasteiger partial charge on any atom is 0.241 e. The van der Waals surface area contributed by atoms with E-state index in [1.807, 2.05) is 36.9 Å². The van der Waals surface area contributed by atoms with E-state index in [4.69, 9.17) is 19.4 Å². The summed E-state index contributed by atoms with van der Waals surface area (Å²) in [5.41, 5.74) is 4.27. The van der Waals surface area contributed by atoms with Gasteiger partial charge in [-0.25, -0.2) is 9.97 Å². The molecule has 10 heteroatoms. The molecule has 0 spiro atoms. The maximum absolute atomic E-state index is 11.7. The number of carbonyl (C=O) groups is 1. The second-order valence-corrected chi connectivity index (χ2v) is 9.74. The molecule has 35 heavy (non-hydrogen) atoms. The lowest BCUT2D eigenvalue weighted by Gasteiger charge is -2.43. The number of amides is 1. The third kappa shape index (κ3) is 4.32. The molecule has 0 aromatic carbocycles. The van der Waals surface area contributed by atoms with Gasteiger partial charge in [-0.3, -0.25) is 14.7 Å². The number of fused-ring (bicyclic) bond motifs is 1. The van der Waals surface area contributed by atoms with Crippen LogP contribution in [0.4, 0.5) is 5.69 Å². The number of ether oxygens (including phenoxy) is 2. The molecule has 3 saturated heterocycles. The summed E-state index contributed by atoms with van der Waals surface area (Å²) in [7, 11) is 1.93. The Balaban J connectivity index is 1.21. The van der Waals surface area contributed by atoms with Gasteiger partial charge in [0.1, 0.15) is 11.6 Å². The number of hydrogen-bond donors (Lipinski definition) is 1. The lowest BCUT2D eigenvalue weighted by atomic mass is 10.0. The zero-order valence-corrected chi connectivity index (χ0v) is 20.2. The molecule has 3 aliphatic heterocycles. The fourth-order valence-electron chi connectivity index (χ4n) is 5.09. The number of piperazine rings is 1. The third-order valence-electron chi connectivity index (χ3n) is 7.46. The van der Waals surface area contributed by atoms with Crippen LogP contribution in [0, 0.1) is 5.92 Å². The van der Waals surface area contributed by atoms with Gasteiger partial charge < -0.3 is 24.3 Å². The number of imidazole rings is 1. The van der Waals surface area contributed by atoms with Crippen molar-refractivity contribution in [2.24, 2.45) is 13.0 Å². The van der Waals surface area contributed by atoms with E-state index < -0.39 is 0 Å². The van der Waals surface area contributed by atoms with E-state index in [1.165, 1.54) is 0 Å². The van der Waals surface area contributed by atoms with Crippen molar-refractivity contribution in [2.75, 3.05) is 50.8 Å². The van der Waals surface area contributed by atoms with Crippen molar-refractivity contribution in [3.8, 4) is 17.3 Å². The van der Waals surface area contributed by atoms with Crippen molar-refractivity contribution in [2.45, 2.75) is 25.5 Å². The van der Waals surface area contributed by atoms with Crippen LogP contribution in [0.2, 0.25) is 0 Å². The van der Waals surface area contributed by atoms with Gasteiger partial charge in [-0.2, -0.15) is 0 Å². The van der Waals surface area contributed by atoms with Gasteiger partial charge in [0.2, 0.25) is 11.8 Å². The first-order chi connectivity index (χ1) is 17.0. The number of hydrogen-bond acceptors (Lipinski definition) is 8. The highest BCUT2D eigenvalue weighted by atomic mass is 16.5. The Morgan fingerprint density at radius 2 is 1.97 bits per heavy atom. The minimum Gasteiger partial charge on any atom is -0.473 e. The fourth-order valence-corrected chi connectivity index (χ4v) is 5.09. The van der Waals surface area contributed by atoms with Crippen LogP contribution in [0.25, 0.3) is 22.4 Å². The largest absolute Gasteiger partial charge is 0.473 e. The predicted molar refractivity (Wildman–Crippen MR) is 131 cm³/mol. The van der Waals surface area contributed by atoms with Crippen LogP contribution in [0.1, 0.15) is 13.3 Å². The Hall–Kier alpha value is -3.24. The second-order valence-electron chi connectivity index (χ2n) is 9.74. The van der Waals surface area contributed by atoms with E-state index in [2.05, 4.69) is 26.2 Å². The second kappa shape index (κ2) is 9.09. The zero-order chi connectivity index (χ0) is 23.9. The van der Waals surface area contributed by atoms with Crippen molar-refractivity contribution in [1.82, 2.24) is 29.7 Å². The van der Waals surface area contributed by atoms with Crippen molar-refractivity contribution < 1.29 is 14.3 Å². The molecule has 1 amide bonds. The number of pyridine rings is 2. The molecule has 3 aromatic rings. The molecule has 0 radical (unpaired) electrons. The van der Waals surface area contributed by atoms with Crippen molar-refractivity contribution in [3.05, 3.63) is 30.7 Å². The Morgan fingerprint density at radius 3 is 2.63 bits per heavy atom. The number of aryl methyl sites for hydroxylation is 1. The Labute approximate surface area is 204 Å². The van der Waals surface area contributed by atoms with Gasteiger partial charge in [-0.05, 0) is 25.1 Å². The number of nitrogens with zero attached hydrogens (tertiary/aromatic N) is 6. The van der Waals surface area contributed by atoms with Crippen LogP contribution in [-0.2, 0) is 16.6 Å². The molecule has 6 rings (SSSR count). The normalized spacial score (nSPS) is 22.3. The lowest BCUT2D eigenvalue weighted by Crippen LogP contribution is -2.56. The predicted octanol–water partition coefficient (Wildman–Crippen LogP) is 1.45. The van der Waals surface area contributed by atoms with Crippen LogP contribution < -0.4 is 15.0 Å². The maximum atomic E-state index is 11.7. The quantitative estimate of drug-likeness (QED) is 0.570. The zero-order valence-electron chi connectivity index (χ0n) is 20.2. The Morgan fingerprint density at radius 1 is 1.14 bits per heavy atom. The summed E-state index contributed by atoms with van der Waals surface area (Å²) >= 11 is 0. The minimum atomic E-state index is -0.157. The van der Waals surface area contributed by atoms with E-state index in [1.54, 1.807) is 6.33 Å². The van der Waals surface area contributed by atoms with Crippen LogP contribution in [0.15, 0.2) is 30.7 Å². The molecule has 0 aliphatic carbocycles. The van der Waals surface area contributed by atoms with Crippen molar-refractivity contribution >= 4 is 22.6 Å². The van der Waals surface area contributed by atoms with Crippen LogP contribution in [0.5, 0.6) is 5.88 Å². The van der Waals surface area contributed by atoms with E-state index in [0.29, 0.717) is 24.9 Å². The highest BCUT2D eigenvalue weighted by molar-refractivity contribution is 5.84. The highest BCUT2D eigenvalue weighted by Gasteiger charge is 2.30. The summed E-state index contributed by atoms with van der Waals surface area (Å²) in [5.74, 6) is 0.706. The van der Waals surface area contributed by atoms with Gasteiger partial charge in [0.05, 0.1) is 54.4 Å². The first-order valence-electron chi connectivity index (χ1n) is 12.3. The molecule has 6 heterocycles. The molecule has 10 nitrogen and oxygen atoms in total. The third-order valence-corrected chi connectivity index (χ3v) is 7.46. The molecule has 3 aliphatic rings. The summed E-state index contributed by atoms with van der Waals surface area (Å²) < 4.78 is 13.6. The summed E-state index contributed by atoms with van der Waals surface area (Å²) in [6, 6.07) is 6.68. The molecular formula is C25H31N7O3. The van der Waals surface area contributed by atoms with Gasteiger partial charge >= 0.3 is 0 Å². The minimum absolute atomic E-state index is 0.0700. The number of nitrogens with one attached hydrogen (secondary N) is 1. The highest BCUT2D eigenvalue weighted by Crippen LogP contribution is 2.30. The van der Waals surface area contributed by atoms with E-state index in [0.717, 1.165) is 67.5 Å². The number of aromatic nitrogens is 4.